The smallest absolute Gasteiger partial charge is 0.239 e. The van der Waals surface area contributed by atoms with E-state index in [1.807, 2.05) is 25.7 Å². The molecule has 0 radical (unpaired) electrons. The molecule has 1 aliphatic heterocycles. The van der Waals surface area contributed by atoms with E-state index < -0.39 is 0 Å². The molecule has 0 spiro atoms. The first-order chi connectivity index (χ1) is 9.10. The highest BCUT2D eigenvalue weighted by atomic mass is 16.5. The van der Waals surface area contributed by atoms with E-state index in [9.17, 15) is 9.59 Å². The zero-order valence-electron chi connectivity index (χ0n) is 12.3. The molecule has 0 saturated carbocycles. The van der Waals surface area contributed by atoms with E-state index in [0.29, 0.717) is 32.8 Å². The van der Waals surface area contributed by atoms with Crippen LogP contribution < -0.4 is 5.32 Å². The van der Waals surface area contributed by atoms with Crippen molar-refractivity contribution in [3.05, 3.63) is 0 Å². The SMILES string of the molecule is CCCNC(=O)C1COCCN1CC(=O)C(C)CC. The molecule has 5 heteroatoms. The summed E-state index contributed by atoms with van der Waals surface area (Å²) in [7, 11) is 0. The molecule has 110 valence electrons. The van der Waals surface area contributed by atoms with Gasteiger partial charge in [0.15, 0.2) is 0 Å². The van der Waals surface area contributed by atoms with Gasteiger partial charge in [-0.3, -0.25) is 14.5 Å². The van der Waals surface area contributed by atoms with Crippen LogP contribution >= 0.6 is 0 Å². The van der Waals surface area contributed by atoms with Crippen molar-refractivity contribution in [2.24, 2.45) is 5.92 Å². The van der Waals surface area contributed by atoms with E-state index in [1.165, 1.54) is 0 Å². The minimum atomic E-state index is -0.326. The van der Waals surface area contributed by atoms with E-state index >= 15 is 0 Å². The fourth-order valence-corrected chi connectivity index (χ4v) is 2.02. The lowest BCUT2D eigenvalue weighted by atomic mass is 10.0. The number of carbonyl (C=O) groups is 2. The van der Waals surface area contributed by atoms with Crippen LogP contribution in [0.5, 0.6) is 0 Å². The van der Waals surface area contributed by atoms with Crippen LogP contribution in [-0.4, -0.2) is 55.5 Å². The zero-order valence-corrected chi connectivity index (χ0v) is 12.3. The first-order valence-corrected chi connectivity index (χ1v) is 7.22. The Balaban J connectivity index is 2.57. The third kappa shape index (κ3) is 4.91. The number of ketones is 1. The molecular formula is C14H26N2O3. The summed E-state index contributed by atoms with van der Waals surface area (Å²) in [5, 5.41) is 2.88. The zero-order chi connectivity index (χ0) is 14.3. The highest BCUT2D eigenvalue weighted by Crippen LogP contribution is 2.10. The van der Waals surface area contributed by atoms with E-state index in [4.69, 9.17) is 4.74 Å². The summed E-state index contributed by atoms with van der Waals surface area (Å²) >= 11 is 0. The van der Waals surface area contributed by atoms with Crippen LogP contribution in [-0.2, 0) is 14.3 Å². The average molecular weight is 270 g/mol. The molecular weight excluding hydrogens is 244 g/mol. The van der Waals surface area contributed by atoms with Gasteiger partial charge in [-0.15, -0.1) is 0 Å². The molecule has 1 aliphatic rings. The molecule has 1 heterocycles. The van der Waals surface area contributed by atoms with Gasteiger partial charge in [0.2, 0.25) is 5.91 Å². The largest absolute Gasteiger partial charge is 0.378 e. The van der Waals surface area contributed by atoms with Crippen LogP contribution in [0.1, 0.15) is 33.6 Å². The highest BCUT2D eigenvalue weighted by molar-refractivity contribution is 5.85. The van der Waals surface area contributed by atoms with E-state index in [1.54, 1.807) is 0 Å². The second kappa shape index (κ2) is 8.27. The van der Waals surface area contributed by atoms with Crippen molar-refractivity contribution >= 4 is 11.7 Å². The van der Waals surface area contributed by atoms with E-state index in [0.717, 1.165) is 12.8 Å². The second-order valence-electron chi connectivity index (χ2n) is 5.13. The Hall–Kier alpha value is -0.940. The van der Waals surface area contributed by atoms with Crippen molar-refractivity contribution in [2.75, 3.05) is 32.8 Å². The fourth-order valence-electron chi connectivity index (χ4n) is 2.02. The number of amides is 1. The minimum Gasteiger partial charge on any atom is -0.378 e. The molecule has 1 fully saturated rings. The molecule has 0 aliphatic carbocycles. The molecule has 0 aromatic rings. The number of Topliss-reactive ketones (excluding diaryl/α,β-unsaturated/α-hetero) is 1. The predicted molar refractivity (Wildman–Crippen MR) is 73.9 cm³/mol. The van der Waals surface area contributed by atoms with Crippen LogP contribution in [0.15, 0.2) is 0 Å². The van der Waals surface area contributed by atoms with Crippen LogP contribution in [0.3, 0.4) is 0 Å². The van der Waals surface area contributed by atoms with Crippen molar-refractivity contribution in [1.82, 2.24) is 10.2 Å². The average Bonchev–Trinajstić information content (AvgIpc) is 2.44. The molecule has 0 bridgehead atoms. The molecule has 1 rings (SSSR count). The maximum absolute atomic E-state index is 12.0. The Morgan fingerprint density at radius 3 is 2.79 bits per heavy atom. The maximum atomic E-state index is 12.0. The molecule has 5 nitrogen and oxygen atoms in total. The Kier molecular flexibility index (Phi) is 7.02. The van der Waals surface area contributed by atoms with Gasteiger partial charge < -0.3 is 10.1 Å². The lowest BCUT2D eigenvalue weighted by Gasteiger charge is -2.34. The normalized spacial score (nSPS) is 21.9. The molecule has 2 unspecified atom stereocenters. The van der Waals surface area contributed by atoms with Crippen molar-refractivity contribution in [3.63, 3.8) is 0 Å². The lowest BCUT2D eigenvalue weighted by molar-refractivity contribution is -0.135. The van der Waals surface area contributed by atoms with E-state index in [2.05, 4.69) is 5.32 Å². The summed E-state index contributed by atoms with van der Waals surface area (Å²) in [5.41, 5.74) is 0. The molecule has 19 heavy (non-hydrogen) atoms. The molecule has 0 aromatic carbocycles. The van der Waals surface area contributed by atoms with Gasteiger partial charge in [0.25, 0.3) is 0 Å². The number of nitrogens with one attached hydrogen (secondary N) is 1. The lowest BCUT2D eigenvalue weighted by Crippen LogP contribution is -2.55. The number of hydrogen-bond acceptors (Lipinski definition) is 4. The highest BCUT2D eigenvalue weighted by Gasteiger charge is 2.31. The van der Waals surface area contributed by atoms with Crippen LogP contribution in [0.25, 0.3) is 0 Å². The summed E-state index contributed by atoms with van der Waals surface area (Å²) in [6, 6.07) is -0.326. The van der Waals surface area contributed by atoms with Crippen LogP contribution in [0.4, 0.5) is 0 Å². The third-order valence-electron chi connectivity index (χ3n) is 3.61. The van der Waals surface area contributed by atoms with Gasteiger partial charge in [0.05, 0.1) is 19.8 Å². The monoisotopic (exact) mass is 270 g/mol. The number of morpholine rings is 1. The summed E-state index contributed by atoms with van der Waals surface area (Å²) in [4.78, 5) is 26.0. The molecule has 2 atom stereocenters. The van der Waals surface area contributed by atoms with Crippen molar-refractivity contribution < 1.29 is 14.3 Å². The van der Waals surface area contributed by atoms with Crippen molar-refractivity contribution in [3.8, 4) is 0 Å². The first kappa shape index (κ1) is 16.1. The number of rotatable bonds is 7. The van der Waals surface area contributed by atoms with Crippen molar-refractivity contribution in [1.29, 1.82) is 0 Å². The van der Waals surface area contributed by atoms with Gasteiger partial charge in [-0.25, -0.2) is 0 Å². The van der Waals surface area contributed by atoms with Crippen molar-refractivity contribution in [2.45, 2.75) is 39.7 Å². The van der Waals surface area contributed by atoms with E-state index in [-0.39, 0.29) is 23.7 Å². The molecule has 1 saturated heterocycles. The van der Waals surface area contributed by atoms with Gasteiger partial charge in [-0.1, -0.05) is 20.8 Å². The quantitative estimate of drug-likeness (QED) is 0.744. The molecule has 1 amide bonds. The third-order valence-corrected chi connectivity index (χ3v) is 3.61. The number of hydrogen-bond donors (Lipinski definition) is 1. The molecule has 0 aromatic heterocycles. The minimum absolute atomic E-state index is 0.0292. The summed E-state index contributed by atoms with van der Waals surface area (Å²) < 4.78 is 5.37. The van der Waals surface area contributed by atoms with Gasteiger partial charge in [0.1, 0.15) is 11.8 Å². The Bertz CT molecular complexity index is 307. The Labute approximate surface area is 115 Å². The Morgan fingerprint density at radius 2 is 2.16 bits per heavy atom. The van der Waals surface area contributed by atoms with Gasteiger partial charge in [-0.05, 0) is 12.8 Å². The van der Waals surface area contributed by atoms with Crippen LogP contribution in [0.2, 0.25) is 0 Å². The molecule has 1 N–H and O–H groups in total. The van der Waals surface area contributed by atoms with Gasteiger partial charge in [0, 0.05) is 19.0 Å². The fraction of sp³-hybridized carbons (Fsp3) is 0.857. The first-order valence-electron chi connectivity index (χ1n) is 7.22. The van der Waals surface area contributed by atoms with Gasteiger partial charge >= 0.3 is 0 Å². The Morgan fingerprint density at radius 1 is 1.42 bits per heavy atom. The summed E-state index contributed by atoms with van der Waals surface area (Å²) in [6.07, 6.45) is 1.75. The predicted octanol–water partition coefficient (Wildman–Crippen LogP) is 0.829. The topological polar surface area (TPSA) is 58.6 Å². The summed E-state index contributed by atoms with van der Waals surface area (Å²) in [6.45, 7) is 8.59. The number of carbonyl (C=O) groups excluding carboxylic acids is 2. The second-order valence-corrected chi connectivity index (χ2v) is 5.13. The number of nitrogens with zero attached hydrogens (tertiary/aromatic N) is 1. The number of ether oxygens (including phenoxy) is 1. The van der Waals surface area contributed by atoms with Crippen LogP contribution in [0, 0.1) is 5.92 Å². The standard InChI is InChI=1S/C14H26N2O3/c1-4-6-15-14(18)12-10-19-8-7-16(12)9-13(17)11(3)5-2/h11-12H,4-10H2,1-3H3,(H,15,18). The van der Waals surface area contributed by atoms with Gasteiger partial charge in [-0.2, -0.15) is 0 Å². The summed E-state index contributed by atoms with van der Waals surface area (Å²) in [5.74, 6) is 0.235. The maximum Gasteiger partial charge on any atom is 0.239 e.